The molecule has 6 nitrogen and oxygen atoms in total. The molecular formula is C21H8Br2ClF3N4O2. The molecule has 5 aromatic rings. The van der Waals surface area contributed by atoms with Crippen LogP contribution in [0.15, 0.2) is 66.8 Å². The highest BCUT2D eigenvalue weighted by Crippen LogP contribution is 2.36. The van der Waals surface area contributed by atoms with E-state index in [0.29, 0.717) is 4.47 Å². The molecule has 33 heavy (non-hydrogen) atoms. The number of nitrogens with zero attached hydrogens (tertiary/aromatic N) is 4. The largest absolute Gasteiger partial charge is 0.435 e. The van der Waals surface area contributed by atoms with Crippen LogP contribution >= 0.6 is 43.5 Å². The summed E-state index contributed by atoms with van der Waals surface area (Å²) in [5, 5.41) is 5.32. The van der Waals surface area contributed by atoms with Gasteiger partial charge < -0.3 is 4.42 Å². The Hall–Kier alpha value is -2.76. The van der Waals surface area contributed by atoms with Crippen LogP contribution in [-0.4, -0.2) is 19.7 Å². The Morgan fingerprint density at radius 3 is 2.58 bits per heavy atom. The predicted molar refractivity (Wildman–Crippen MR) is 124 cm³/mol. The van der Waals surface area contributed by atoms with E-state index in [1.165, 1.54) is 18.3 Å². The maximum absolute atomic E-state index is 13.5. The van der Waals surface area contributed by atoms with Crippen LogP contribution in [0.1, 0.15) is 5.69 Å². The fourth-order valence-corrected chi connectivity index (χ4v) is 4.57. The average Bonchev–Trinajstić information content (AvgIpc) is 3.20. The zero-order valence-electron chi connectivity index (χ0n) is 16.0. The van der Waals surface area contributed by atoms with Gasteiger partial charge in [0, 0.05) is 16.7 Å². The Kier molecular flexibility index (Phi) is 5.30. The molecular weight excluding hydrogens is 593 g/mol. The van der Waals surface area contributed by atoms with Crippen LogP contribution in [0.25, 0.3) is 39.1 Å². The van der Waals surface area contributed by atoms with E-state index in [1.807, 2.05) is 18.2 Å². The normalized spacial score (nSPS) is 12.1. The van der Waals surface area contributed by atoms with Crippen molar-refractivity contribution in [2.75, 3.05) is 0 Å². The molecule has 0 fully saturated rings. The zero-order chi connectivity index (χ0) is 23.5. The predicted octanol–water partition coefficient (Wildman–Crippen LogP) is 6.79. The Labute approximate surface area is 204 Å². The van der Waals surface area contributed by atoms with Crippen LogP contribution in [0.4, 0.5) is 13.2 Å². The fourth-order valence-electron chi connectivity index (χ4n) is 3.33. The lowest BCUT2D eigenvalue weighted by Crippen LogP contribution is -2.09. The Balaban J connectivity index is 1.82. The van der Waals surface area contributed by atoms with Gasteiger partial charge in [0.1, 0.15) is 5.69 Å². The molecule has 3 aromatic heterocycles. The van der Waals surface area contributed by atoms with E-state index in [0.717, 1.165) is 26.0 Å². The van der Waals surface area contributed by atoms with Crippen LogP contribution in [0.2, 0.25) is 5.02 Å². The van der Waals surface area contributed by atoms with E-state index < -0.39 is 17.5 Å². The van der Waals surface area contributed by atoms with E-state index >= 15 is 0 Å². The molecule has 0 aliphatic carbocycles. The minimum Gasteiger partial charge on any atom is -0.401 e. The molecule has 0 aliphatic rings. The fraction of sp³-hybridized carbons (Fsp3) is 0.0476. The van der Waals surface area contributed by atoms with Crippen molar-refractivity contribution in [3.8, 4) is 17.4 Å². The number of pyridine rings is 1. The third kappa shape index (κ3) is 3.83. The van der Waals surface area contributed by atoms with E-state index in [-0.39, 0.29) is 33.3 Å². The highest BCUT2D eigenvalue weighted by atomic mass is 79.9. The van der Waals surface area contributed by atoms with Gasteiger partial charge in [-0.3, -0.25) is 0 Å². The second-order valence-corrected chi connectivity index (χ2v) is 9.01. The lowest BCUT2D eigenvalue weighted by molar-refractivity contribution is -0.141. The third-order valence-corrected chi connectivity index (χ3v) is 6.39. The van der Waals surface area contributed by atoms with Crippen molar-refractivity contribution in [3.05, 3.63) is 78.7 Å². The molecule has 0 spiro atoms. The highest BCUT2D eigenvalue weighted by Gasteiger charge is 2.36. The number of benzene rings is 2. The van der Waals surface area contributed by atoms with E-state index in [4.69, 9.17) is 16.0 Å². The summed E-state index contributed by atoms with van der Waals surface area (Å²) in [6, 6.07) is 10.8. The number of aromatic nitrogens is 4. The van der Waals surface area contributed by atoms with E-state index in [2.05, 4.69) is 46.9 Å². The summed E-state index contributed by atoms with van der Waals surface area (Å²) < 4.78 is 47.9. The summed E-state index contributed by atoms with van der Waals surface area (Å²) in [5.41, 5.74) is -1.99. The lowest BCUT2D eigenvalue weighted by Gasteiger charge is -2.09. The number of hydrogen-bond donors (Lipinski definition) is 0. The van der Waals surface area contributed by atoms with Crippen molar-refractivity contribution in [1.29, 1.82) is 0 Å². The van der Waals surface area contributed by atoms with Gasteiger partial charge in [0.05, 0.1) is 20.4 Å². The van der Waals surface area contributed by atoms with Crippen molar-refractivity contribution in [3.63, 3.8) is 0 Å². The van der Waals surface area contributed by atoms with Gasteiger partial charge in [-0.25, -0.2) is 19.4 Å². The molecule has 0 amide bonds. The molecule has 3 heterocycles. The van der Waals surface area contributed by atoms with Crippen molar-refractivity contribution < 1.29 is 17.6 Å². The summed E-state index contributed by atoms with van der Waals surface area (Å²) in [6.45, 7) is 0. The van der Waals surface area contributed by atoms with Gasteiger partial charge in [0.25, 0.3) is 0 Å². The molecule has 12 heteroatoms. The minimum atomic E-state index is -4.76. The molecule has 2 aromatic carbocycles. The highest BCUT2D eigenvalue weighted by molar-refractivity contribution is 9.11. The van der Waals surface area contributed by atoms with E-state index in [1.54, 1.807) is 6.07 Å². The molecule has 0 saturated heterocycles. The first kappa shape index (κ1) is 22.1. The molecule has 0 radical (unpaired) electrons. The van der Waals surface area contributed by atoms with Gasteiger partial charge in [-0.2, -0.15) is 18.3 Å². The number of halogens is 6. The van der Waals surface area contributed by atoms with Crippen molar-refractivity contribution in [1.82, 2.24) is 19.7 Å². The second kappa shape index (κ2) is 7.93. The number of alkyl halides is 3. The standard InChI is InChI=1S/C21H8Br2ClF3N4O2/c22-10-3-4-11-9(6-10)7-12-17(16(11)23)29-19(33-20(12)32)14-8-15(21(25,26)27)30-31(14)18-13(24)2-1-5-28-18/h1-8H. The molecule has 166 valence electrons. The minimum absolute atomic E-state index is 0.0523. The topological polar surface area (TPSA) is 73.8 Å². The second-order valence-electron chi connectivity index (χ2n) is 6.89. The first-order valence-electron chi connectivity index (χ1n) is 9.14. The van der Waals surface area contributed by atoms with Crippen molar-refractivity contribution in [2.24, 2.45) is 0 Å². The van der Waals surface area contributed by atoms with Gasteiger partial charge >= 0.3 is 11.8 Å². The molecule has 0 saturated carbocycles. The SMILES string of the molecule is O=c1oc(-c2cc(C(F)(F)F)nn2-c2ncccc2Cl)nc2c(Br)c3ccc(Br)cc3cc12. The molecule has 0 atom stereocenters. The molecule has 0 bridgehead atoms. The van der Waals surface area contributed by atoms with Crippen LogP contribution < -0.4 is 5.63 Å². The van der Waals surface area contributed by atoms with Crippen LogP contribution in [-0.2, 0) is 6.18 Å². The maximum Gasteiger partial charge on any atom is 0.435 e. The maximum atomic E-state index is 13.5. The van der Waals surface area contributed by atoms with Crippen molar-refractivity contribution >= 4 is 65.1 Å². The van der Waals surface area contributed by atoms with Crippen LogP contribution in [0, 0.1) is 0 Å². The average molecular weight is 601 g/mol. The Morgan fingerprint density at radius 2 is 1.85 bits per heavy atom. The summed E-state index contributed by atoms with van der Waals surface area (Å²) >= 11 is 13.0. The van der Waals surface area contributed by atoms with Gasteiger partial charge in [-0.1, -0.05) is 33.6 Å². The molecule has 0 N–H and O–H groups in total. The quantitative estimate of drug-likeness (QED) is 0.209. The third-order valence-electron chi connectivity index (χ3n) is 4.79. The Morgan fingerprint density at radius 1 is 1.06 bits per heavy atom. The van der Waals surface area contributed by atoms with Gasteiger partial charge in [-0.05, 0) is 57.0 Å². The molecule has 0 unspecified atom stereocenters. The number of fused-ring (bicyclic) bond motifs is 2. The summed E-state index contributed by atoms with van der Waals surface area (Å²) in [6.07, 6.45) is -3.41. The van der Waals surface area contributed by atoms with Crippen LogP contribution in [0.5, 0.6) is 0 Å². The monoisotopic (exact) mass is 598 g/mol. The molecule has 5 rings (SSSR count). The lowest BCUT2D eigenvalue weighted by atomic mass is 10.1. The number of hydrogen-bond acceptors (Lipinski definition) is 5. The van der Waals surface area contributed by atoms with Crippen molar-refractivity contribution in [2.45, 2.75) is 6.18 Å². The van der Waals surface area contributed by atoms with Gasteiger partial charge in [-0.15, -0.1) is 0 Å². The first-order valence-corrected chi connectivity index (χ1v) is 11.1. The zero-order valence-corrected chi connectivity index (χ0v) is 19.9. The summed E-state index contributed by atoms with van der Waals surface area (Å²) in [4.78, 5) is 21.2. The van der Waals surface area contributed by atoms with E-state index in [9.17, 15) is 18.0 Å². The summed E-state index contributed by atoms with van der Waals surface area (Å²) in [7, 11) is 0. The number of rotatable bonds is 2. The molecule has 0 aliphatic heterocycles. The smallest absolute Gasteiger partial charge is 0.401 e. The summed E-state index contributed by atoms with van der Waals surface area (Å²) in [5.74, 6) is -0.439. The van der Waals surface area contributed by atoms with Crippen LogP contribution in [0.3, 0.4) is 0 Å². The first-order chi connectivity index (χ1) is 15.6. The van der Waals surface area contributed by atoms with Gasteiger partial charge in [0.2, 0.25) is 5.89 Å². The van der Waals surface area contributed by atoms with Gasteiger partial charge in [0.15, 0.2) is 11.5 Å². The Bertz CT molecular complexity index is 1630.